The molecule has 1 aromatic heterocycles. The summed E-state index contributed by atoms with van der Waals surface area (Å²) in [5, 5.41) is 13.7. The van der Waals surface area contributed by atoms with Gasteiger partial charge in [0.25, 0.3) is 0 Å². The summed E-state index contributed by atoms with van der Waals surface area (Å²) in [6.45, 7) is 9.38. The van der Waals surface area contributed by atoms with Crippen molar-refractivity contribution in [1.29, 1.82) is 0 Å². The molecule has 0 bridgehead atoms. The number of fused-ring (bicyclic) bond motifs is 1. The molecule has 5 heteroatoms. The van der Waals surface area contributed by atoms with E-state index in [1.165, 1.54) is 5.69 Å². The normalized spacial score (nSPS) is 16.5. The quantitative estimate of drug-likeness (QED) is 0.910. The molecule has 118 valence electrons. The monoisotopic (exact) mass is 301 g/mol. The van der Waals surface area contributed by atoms with Crippen molar-refractivity contribution in [3.63, 3.8) is 0 Å². The lowest BCUT2D eigenvalue weighted by atomic mass is 10.1. The molecule has 2 N–H and O–H groups in total. The highest BCUT2D eigenvalue weighted by molar-refractivity contribution is 5.93. The Bertz CT molecular complexity index is 685. The predicted molar refractivity (Wildman–Crippen MR) is 87.4 cm³/mol. The van der Waals surface area contributed by atoms with Gasteiger partial charge in [-0.2, -0.15) is 0 Å². The number of aromatic carboxylic acids is 1. The summed E-state index contributed by atoms with van der Waals surface area (Å²) in [7, 11) is 0. The van der Waals surface area contributed by atoms with Gasteiger partial charge in [0.1, 0.15) is 0 Å². The largest absolute Gasteiger partial charge is 0.478 e. The number of carboxylic acids is 1. The van der Waals surface area contributed by atoms with Gasteiger partial charge in [-0.25, -0.2) is 4.79 Å². The molecule has 0 amide bonds. The molecule has 0 aliphatic carbocycles. The summed E-state index contributed by atoms with van der Waals surface area (Å²) >= 11 is 0. The van der Waals surface area contributed by atoms with Gasteiger partial charge < -0.3 is 15.0 Å². The van der Waals surface area contributed by atoms with Gasteiger partial charge in [-0.15, -0.1) is 0 Å². The van der Waals surface area contributed by atoms with Gasteiger partial charge in [0.2, 0.25) is 0 Å². The van der Waals surface area contributed by atoms with E-state index < -0.39 is 5.97 Å². The van der Waals surface area contributed by atoms with Crippen LogP contribution in [-0.2, 0) is 6.54 Å². The van der Waals surface area contributed by atoms with Crippen LogP contribution in [0.5, 0.6) is 0 Å². The van der Waals surface area contributed by atoms with Crippen LogP contribution in [0.15, 0.2) is 24.3 Å². The number of rotatable bonds is 4. The van der Waals surface area contributed by atoms with Crippen molar-refractivity contribution >= 4 is 16.9 Å². The molecular formula is C17H23N3O2. The van der Waals surface area contributed by atoms with E-state index in [4.69, 9.17) is 0 Å². The zero-order valence-corrected chi connectivity index (χ0v) is 13.2. The maximum Gasteiger partial charge on any atom is 0.335 e. The minimum atomic E-state index is -0.873. The molecule has 0 spiro atoms. The van der Waals surface area contributed by atoms with Gasteiger partial charge in [0.05, 0.1) is 5.56 Å². The predicted octanol–water partition coefficient (Wildman–Crippen LogP) is 2.33. The lowest BCUT2D eigenvalue weighted by Gasteiger charge is -2.28. The summed E-state index contributed by atoms with van der Waals surface area (Å²) in [6.07, 6.45) is 0. The molecule has 3 rings (SSSR count). The van der Waals surface area contributed by atoms with Crippen LogP contribution in [0.4, 0.5) is 0 Å². The first-order chi connectivity index (χ1) is 10.6. The van der Waals surface area contributed by atoms with E-state index in [0.29, 0.717) is 11.6 Å². The van der Waals surface area contributed by atoms with Crippen molar-refractivity contribution in [3.05, 3.63) is 35.5 Å². The molecule has 2 aromatic rings. The van der Waals surface area contributed by atoms with Crippen LogP contribution in [0.1, 0.15) is 35.9 Å². The Hall–Kier alpha value is -1.85. The molecule has 2 heterocycles. The number of nitrogens with one attached hydrogen (secondary N) is 1. The molecule has 0 atom stereocenters. The molecule has 0 unspecified atom stereocenters. The fourth-order valence-electron chi connectivity index (χ4n) is 3.24. The standard InChI is InChI=1S/C17H23N3O2/c1-12(2)20-15(11-19-7-5-18-6-8-19)9-13-3-4-14(17(21)22)10-16(13)20/h3-4,9-10,12,18H,5-8,11H2,1-2H3,(H,21,22). The van der Waals surface area contributed by atoms with Crippen molar-refractivity contribution in [2.45, 2.75) is 26.4 Å². The zero-order chi connectivity index (χ0) is 15.7. The fraction of sp³-hybridized carbons (Fsp3) is 0.471. The average Bonchev–Trinajstić information content (AvgIpc) is 2.85. The van der Waals surface area contributed by atoms with Crippen LogP contribution in [0, 0.1) is 0 Å². The van der Waals surface area contributed by atoms with Crippen LogP contribution < -0.4 is 5.32 Å². The number of carboxylic acid groups (broad SMARTS) is 1. The first-order valence-corrected chi connectivity index (χ1v) is 7.86. The lowest BCUT2D eigenvalue weighted by Crippen LogP contribution is -2.43. The van der Waals surface area contributed by atoms with Crippen LogP contribution in [-0.4, -0.2) is 46.7 Å². The number of carbonyl (C=O) groups is 1. The average molecular weight is 301 g/mol. The summed E-state index contributed by atoms with van der Waals surface area (Å²) in [5.74, 6) is -0.873. The lowest BCUT2D eigenvalue weighted by molar-refractivity contribution is 0.0697. The third-order valence-electron chi connectivity index (χ3n) is 4.28. The Morgan fingerprint density at radius 1 is 1.27 bits per heavy atom. The second-order valence-corrected chi connectivity index (χ2v) is 6.20. The minimum Gasteiger partial charge on any atom is -0.478 e. The Balaban J connectivity index is 2.01. The minimum absolute atomic E-state index is 0.305. The van der Waals surface area contributed by atoms with Crippen molar-refractivity contribution < 1.29 is 9.90 Å². The summed E-state index contributed by atoms with van der Waals surface area (Å²) in [4.78, 5) is 13.7. The molecule has 1 fully saturated rings. The van der Waals surface area contributed by atoms with E-state index in [2.05, 4.69) is 34.7 Å². The molecule has 5 nitrogen and oxygen atoms in total. The van der Waals surface area contributed by atoms with E-state index in [0.717, 1.165) is 43.6 Å². The van der Waals surface area contributed by atoms with Crippen molar-refractivity contribution in [2.75, 3.05) is 26.2 Å². The highest BCUT2D eigenvalue weighted by Gasteiger charge is 2.17. The number of hydrogen-bond donors (Lipinski definition) is 2. The fourth-order valence-corrected chi connectivity index (χ4v) is 3.24. The Morgan fingerprint density at radius 2 is 2.00 bits per heavy atom. The molecule has 22 heavy (non-hydrogen) atoms. The highest BCUT2D eigenvalue weighted by Crippen LogP contribution is 2.26. The zero-order valence-electron chi connectivity index (χ0n) is 13.2. The molecule has 0 saturated carbocycles. The number of aromatic nitrogens is 1. The van der Waals surface area contributed by atoms with E-state index in [1.54, 1.807) is 12.1 Å². The van der Waals surface area contributed by atoms with Gasteiger partial charge in [0.15, 0.2) is 0 Å². The van der Waals surface area contributed by atoms with Crippen molar-refractivity contribution in [2.24, 2.45) is 0 Å². The van der Waals surface area contributed by atoms with Gasteiger partial charge in [-0.1, -0.05) is 6.07 Å². The van der Waals surface area contributed by atoms with Gasteiger partial charge in [-0.3, -0.25) is 4.90 Å². The Labute approximate surface area is 130 Å². The number of hydrogen-bond acceptors (Lipinski definition) is 3. The summed E-state index contributed by atoms with van der Waals surface area (Å²) < 4.78 is 2.27. The molecule has 1 saturated heterocycles. The van der Waals surface area contributed by atoms with Crippen LogP contribution in [0.2, 0.25) is 0 Å². The topological polar surface area (TPSA) is 57.5 Å². The van der Waals surface area contributed by atoms with Gasteiger partial charge >= 0.3 is 5.97 Å². The highest BCUT2D eigenvalue weighted by atomic mass is 16.4. The maximum absolute atomic E-state index is 11.2. The molecule has 1 aliphatic rings. The van der Waals surface area contributed by atoms with Crippen molar-refractivity contribution in [1.82, 2.24) is 14.8 Å². The number of nitrogens with zero attached hydrogens (tertiary/aromatic N) is 2. The number of piperazine rings is 1. The molecule has 0 radical (unpaired) electrons. The van der Waals surface area contributed by atoms with Crippen LogP contribution >= 0.6 is 0 Å². The van der Waals surface area contributed by atoms with Crippen molar-refractivity contribution in [3.8, 4) is 0 Å². The van der Waals surface area contributed by atoms with Crippen LogP contribution in [0.25, 0.3) is 10.9 Å². The maximum atomic E-state index is 11.2. The smallest absolute Gasteiger partial charge is 0.335 e. The summed E-state index contributed by atoms with van der Waals surface area (Å²) in [5.41, 5.74) is 2.62. The van der Waals surface area contributed by atoms with E-state index in [1.807, 2.05) is 6.07 Å². The molecular weight excluding hydrogens is 278 g/mol. The van der Waals surface area contributed by atoms with E-state index >= 15 is 0 Å². The van der Waals surface area contributed by atoms with Gasteiger partial charge in [-0.05, 0) is 37.4 Å². The van der Waals surface area contributed by atoms with E-state index in [9.17, 15) is 9.90 Å². The second-order valence-electron chi connectivity index (χ2n) is 6.20. The van der Waals surface area contributed by atoms with Gasteiger partial charge in [0, 0.05) is 50.0 Å². The first-order valence-electron chi connectivity index (χ1n) is 7.86. The molecule has 1 aromatic carbocycles. The third kappa shape index (κ3) is 2.87. The third-order valence-corrected chi connectivity index (χ3v) is 4.28. The molecule has 1 aliphatic heterocycles. The summed E-state index contributed by atoms with van der Waals surface area (Å²) in [6, 6.07) is 7.89. The first kappa shape index (κ1) is 15.1. The van der Waals surface area contributed by atoms with Crippen LogP contribution in [0.3, 0.4) is 0 Å². The Kier molecular flexibility index (Phi) is 4.18. The Morgan fingerprint density at radius 3 is 2.64 bits per heavy atom. The number of benzene rings is 1. The van der Waals surface area contributed by atoms with E-state index in [-0.39, 0.29) is 0 Å². The SMILES string of the molecule is CC(C)n1c(CN2CCNCC2)cc2ccc(C(=O)O)cc21. The second kappa shape index (κ2) is 6.10.